The first-order chi connectivity index (χ1) is 9.22. The van der Waals surface area contributed by atoms with Crippen molar-refractivity contribution in [2.75, 3.05) is 5.32 Å². The van der Waals surface area contributed by atoms with E-state index in [1.807, 2.05) is 6.07 Å². The number of halogens is 2. The van der Waals surface area contributed by atoms with E-state index in [9.17, 15) is 0 Å². The molecule has 1 N–H and O–H groups in total. The van der Waals surface area contributed by atoms with E-state index in [2.05, 4.69) is 72.5 Å². The fourth-order valence-electron chi connectivity index (χ4n) is 2.48. The maximum absolute atomic E-state index is 4.23. The number of hydrogen-bond acceptors (Lipinski definition) is 2. The molecule has 0 aliphatic heterocycles. The summed E-state index contributed by atoms with van der Waals surface area (Å²) in [5.74, 6) is 0.672. The van der Waals surface area contributed by atoms with Gasteiger partial charge in [-0.25, -0.2) is 4.98 Å². The Balaban J connectivity index is 1.60. The summed E-state index contributed by atoms with van der Waals surface area (Å²) in [6, 6.07) is 13.2. The molecule has 1 aromatic carbocycles. The smallest absolute Gasteiger partial charge is 0.129 e. The van der Waals surface area contributed by atoms with Gasteiger partial charge in [-0.3, -0.25) is 0 Å². The lowest BCUT2D eigenvalue weighted by atomic mass is 9.76. The molecule has 0 radical (unpaired) electrons. The summed E-state index contributed by atoms with van der Waals surface area (Å²) in [6.45, 7) is 0. The monoisotopic (exact) mass is 380 g/mol. The molecule has 0 saturated heterocycles. The molecule has 1 heterocycles. The van der Waals surface area contributed by atoms with E-state index in [0.29, 0.717) is 12.0 Å². The first kappa shape index (κ1) is 13.1. The number of benzene rings is 1. The molecule has 0 bridgehead atoms. The molecule has 0 atom stereocenters. The Morgan fingerprint density at radius 1 is 1.11 bits per heavy atom. The molecule has 98 valence electrons. The van der Waals surface area contributed by atoms with Crippen molar-refractivity contribution in [1.29, 1.82) is 0 Å². The van der Waals surface area contributed by atoms with E-state index in [-0.39, 0.29) is 0 Å². The first-order valence-corrected chi connectivity index (χ1v) is 7.93. The summed E-state index contributed by atoms with van der Waals surface area (Å²) in [5.41, 5.74) is 2.51. The Kier molecular flexibility index (Phi) is 3.89. The van der Waals surface area contributed by atoms with Crippen molar-refractivity contribution in [1.82, 2.24) is 4.98 Å². The van der Waals surface area contributed by atoms with Gasteiger partial charge in [-0.15, -0.1) is 0 Å². The third kappa shape index (κ3) is 3.00. The molecule has 0 unspecified atom stereocenters. The molecule has 1 aromatic heterocycles. The van der Waals surface area contributed by atoms with Crippen molar-refractivity contribution >= 4 is 37.5 Å². The van der Waals surface area contributed by atoms with Crippen LogP contribution in [0.5, 0.6) is 0 Å². The Bertz CT molecular complexity index is 580. The molecule has 1 saturated carbocycles. The van der Waals surface area contributed by atoms with Crippen LogP contribution in [0.3, 0.4) is 0 Å². The van der Waals surface area contributed by atoms with E-state index in [4.69, 9.17) is 0 Å². The second-order valence-corrected chi connectivity index (χ2v) is 6.57. The van der Waals surface area contributed by atoms with Gasteiger partial charge in [0, 0.05) is 16.7 Å². The molecule has 19 heavy (non-hydrogen) atoms. The lowest BCUT2D eigenvalue weighted by Gasteiger charge is -2.37. The number of rotatable bonds is 3. The predicted octanol–water partition coefficient (Wildman–Crippen LogP) is 4.96. The summed E-state index contributed by atoms with van der Waals surface area (Å²) >= 11 is 7.00. The van der Waals surface area contributed by atoms with Gasteiger partial charge in [0.15, 0.2) is 0 Å². The van der Waals surface area contributed by atoms with Crippen molar-refractivity contribution in [3.8, 4) is 0 Å². The molecule has 1 aliphatic carbocycles. The van der Waals surface area contributed by atoms with Gasteiger partial charge >= 0.3 is 0 Å². The fourth-order valence-corrected chi connectivity index (χ4v) is 3.26. The number of anilines is 1. The van der Waals surface area contributed by atoms with Crippen LogP contribution in [0.2, 0.25) is 0 Å². The molecule has 0 amide bonds. The molecule has 1 aliphatic rings. The SMILES string of the molecule is Brc1cccc(C2CC(Nc3cccnc3Br)C2)c1. The van der Waals surface area contributed by atoms with E-state index < -0.39 is 0 Å². The van der Waals surface area contributed by atoms with Crippen LogP contribution in [-0.2, 0) is 0 Å². The Hall–Kier alpha value is -0.870. The maximum atomic E-state index is 4.23. The quantitative estimate of drug-likeness (QED) is 0.759. The van der Waals surface area contributed by atoms with Crippen LogP contribution in [0.15, 0.2) is 51.7 Å². The summed E-state index contributed by atoms with van der Waals surface area (Å²) in [6.07, 6.45) is 4.15. The number of nitrogens with zero attached hydrogens (tertiary/aromatic N) is 1. The number of nitrogens with one attached hydrogen (secondary N) is 1. The van der Waals surface area contributed by atoms with Gasteiger partial charge in [0.1, 0.15) is 4.60 Å². The Morgan fingerprint density at radius 3 is 2.68 bits per heavy atom. The largest absolute Gasteiger partial charge is 0.380 e. The summed E-state index contributed by atoms with van der Waals surface area (Å²) in [7, 11) is 0. The van der Waals surface area contributed by atoms with Crippen LogP contribution >= 0.6 is 31.9 Å². The van der Waals surface area contributed by atoms with Gasteiger partial charge in [-0.2, -0.15) is 0 Å². The first-order valence-electron chi connectivity index (χ1n) is 6.35. The zero-order valence-electron chi connectivity index (χ0n) is 10.3. The van der Waals surface area contributed by atoms with E-state index >= 15 is 0 Å². The van der Waals surface area contributed by atoms with Gasteiger partial charge in [0.2, 0.25) is 0 Å². The van der Waals surface area contributed by atoms with Gasteiger partial charge in [-0.1, -0.05) is 28.1 Å². The average molecular weight is 382 g/mol. The second kappa shape index (κ2) is 5.63. The minimum atomic E-state index is 0.546. The molecular weight excluding hydrogens is 368 g/mol. The highest BCUT2D eigenvalue weighted by molar-refractivity contribution is 9.10. The topological polar surface area (TPSA) is 24.9 Å². The molecule has 3 rings (SSSR count). The zero-order valence-corrected chi connectivity index (χ0v) is 13.5. The highest BCUT2D eigenvalue weighted by Crippen LogP contribution is 2.39. The van der Waals surface area contributed by atoms with Crippen LogP contribution in [-0.4, -0.2) is 11.0 Å². The van der Waals surface area contributed by atoms with Crippen molar-refractivity contribution in [2.24, 2.45) is 0 Å². The molecule has 1 fully saturated rings. The van der Waals surface area contributed by atoms with Crippen molar-refractivity contribution < 1.29 is 0 Å². The fraction of sp³-hybridized carbons (Fsp3) is 0.267. The number of hydrogen-bond donors (Lipinski definition) is 1. The average Bonchev–Trinajstić information content (AvgIpc) is 2.35. The third-order valence-electron chi connectivity index (χ3n) is 3.58. The lowest BCUT2D eigenvalue weighted by Crippen LogP contribution is -2.34. The van der Waals surface area contributed by atoms with Crippen LogP contribution in [0.1, 0.15) is 24.3 Å². The minimum absolute atomic E-state index is 0.546. The maximum Gasteiger partial charge on any atom is 0.129 e. The Morgan fingerprint density at radius 2 is 1.95 bits per heavy atom. The molecule has 2 aromatic rings. The Labute approximate surface area is 129 Å². The molecule has 2 nitrogen and oxygen atoms in total. The van der Waals surface area contributed by atoms with Crippen molar-refractivity contribution in [3.05, 3.63) is 57.2 Å². The summed E-state index contributed by atoms with van der Waals surface area (Å²) in [4.78, 5) is 4.23. The number of pyridine rings is 1. The highest BCUT2D eigenvalue weighted by Gasteiger charge is 2.30. The van der Waals surface area contributed by atoms with Crippen molar-refractivity contribution in [3.63, 3.8) is 0 Å². The third-order valence-corrected chi connectivity index (χ3v) is 4.70. The van der Waals surface area contributed by atoms with E-state index in [1.54, 1.807) is 6.20 Å². The van der Waals surface area contributed by atoms with Gasteiger partial charge in [-0.05, 0) is 64.5 Å². The molecule has 4 heteroatoms. The van der Waals surface area contributed by atoms with Crippen LogP contribution in [0.25, 0.3) is 0 Å². The lowest BCUT2D eigenvalue weighted by molar-refractivity contribution is 0.374. The van der Waals surface area contributed by atoms with Gasteiger partial charge < -0.3 is 5.32 Å². The molecular formula is C15H14Br2N2. The number of aromatic nitrogens is 1. The highest BCUT2D eigenvalue weighted by atomic mass is 79.9. The van der Waals surface area contributed by atoms with E-state index in [1.165, 1.54) is 18.4 Å². The molecule has 0 spiro atoms. The van der Waals surface area contributed by atoms with Crippen LogP contribution in [0, 0.1) is 0 Å². The van der Waals surface area contributed by atoms with Gasteiger partial charge in [0.05, 0.1) is 5.69 Å². The summed E-state index contributed by atoms with van der Waals surface area (Å²) < 4.78 is 2.05. The van der Waals surface area contributed by atoms with Crippen LogP contribution in [0.4, 0.5) is 5.69 Å². The second-order valence-electron chi connectivity index (χ2n) is 4.91. The van der Waals surface area contributed by atoms with Crippen LogP contribution < -0.4 is 5.32 Å². The predicted molar refractivity (Wildman–Crippen MR) is 85.5 cm³/mol. The van der Waals surface area contributed by atoms with Gasteiger partial charge in [0.25, 0.3) is 0 Å². The van der Waals surface area contributed by atoms with Crippen molar-refractivity contribution in [2.45, 2.75) is 24.8 Å². The summed E-state index contributed by atoms with van der Waals surface area (Å²) in [5, 5.41) is 3.54. The minimum Gasteiger partial charge on any atom is -0.380 e. The van der Waals surface area contributed by atoms with E-state index in [0.717, 1.165) is 14.8 Å². The normalized spacial score (nSPS) is 21.8. The standard InChI is InChI=1S/C15H14Br2N2/c16-12-4-1-3-10(7-12)11-8-13(9-11)19-14-5-2-6-18-15(14)17/h1-7,11,13,19H,8-9H2. The zero-order chi connectivity index (χ0) is 13.2.